The van der Waals surface area contributed by atoms with Gasteiger partial charge in [-0.2, -0.15) is 15.0 Å². The van der Waals surface area contributed by atoms with E-state index in [0.717, 1.165) is 6.07 Å². The van der Waals surface area contributed by atoms with E-state index in [1.54, 1.807) is 24.3 Å². The lowest BCUT2D eigenvalue weighted by Gasteiger charge is -2.06. The molecule has 0 saturated heterocycles. The van der Waals surface area contributed by atoms with Crippen LogP contribution in [-0.2, 0) is 11.2 Å². The van der Waals surface area contributed by atoms with Gasteiger partial charge in [0.15, 0.2) is 5.82 Å². The Morgan fingerprint density at radius 1 is 1.29 bits per heavy atom. The number of rotatable bonds is 5. The first kappa shape index (κ1) is 15.9. The quantitative estimate of drug-likeness (QED) is 0.762. The molecule has 24 heavy (non-hydrogen) atoms. The number of carbonyl (C=O) groups is 1. The largest absolute Gasteiger partial charge is 0.481 e. The maximum Gasteiger partial charge on any atom is 0.309 e. The van der Waals surface area contributed by atoms with Crippen LogP contribution in [0.25, 0.3) is 5.69 Å². The summed E-state index contributed by atoms with van der Waals surface area (Å²) in [6.07, 6.45) is 2.46. The minimum absolute atomic E-state index is 0.178. The van der Waals surface area contributed by atoms with Crippen LogP contribution in [0.4, 0.5) is 4.39 Å². The first-order chi connectivity index (χ1) is 11.5. The monoisotopic (exact) mass is 348 g/mol. The molecule has 0 fully saturated rings. The molecule has 1 N–H and O–H groups in total. The van der Waals surface area contributed by atoms with Crippen molar-refractivity contribution >= 4 is 17.6 Å². The number of benzene rings is 1. The van der Waals surface area contributed by atoms with Crippen molar-refractivity contribution in [3.63, 3.8) is 0 Å². The number of carboxylic acids is 1. The second-order valence-electron chi connectivity index (χ2n) is 4.73. The van der Waals surface area contributed by atoms with Crippen LogP contribution in [0.5, 0.6) is 11.6 Å². The van der Waals surface area contributed by atoms with Crippen molar-refractivity contribution in [2.45, 2.75) is 6.42 Å². The highest BCUT2D eigenvalue weighted by Crippen LogP contribution is 2.24. The zero-order valence-corrected chi connectivity index (χ0v) is 12.8. The Labute approximate surface area is 140 Å². The Balaban J connectivity index is 1.75. The van der Waals surface area contributed by atoms with Gasteiger partial charge in [-0.15, -0.1) is 0 Å². The summed E-state index contributed by atoms with van der Waals surface area (Å²) in [4.78, 5) is 15.7. The molecule has 0 bridgehead atoms. The van der Waals surface area contributed by atoms with Crippen LogP contribution in [0.15, 0.2) is 42.7 Å². The summed E-state index contributed by atoms with van der Waals surface area (Å²) in [7, 11) is 0. The fourth-order valence-electron chi connectivity index (χ4n) is 1.89. The molecule has 0 spiro atoms. The number of hydrogen-bond acceptors (Lipinski definition) is 5. The zero-order valence-electron chi connectivity index (χ0n) is 12.1. The lowest BCUT2D eigenvalue weighted by atomic mass is 10.3. The van der Waals surface area contributed by atoms with Gasteiger partial charge >= 0.3 is 5.97 Å². The number of nitrogens with zero attached hydrogens (tertiary/aromatic N) is 4. The van der Waals surface area contributed by atoms with Crippen molar-refractivity contribution in [3.8, 4) is 17.3 Å². The van der Waals surface area contributed by atoms with E-state index >= 15 is 0 Å². The summed E-state index contributed by atoms with van der Waals surface area (Å²) in [5.41, 5.74) is 0.943. The molecule has 3 aromatic rings. The van der Waals surface area contributed by atoms with Crippen LogP contribution in [0.1, 0.15) is 5.69 Å². The van der Waals surface area contributed by atoms with Crippen LogP contribution >= 0.6 is 11.6 Å². The van der Waals surface area contributed by atoms with Crippen molar-refractivity contribution in [2.75, 3.05) is 0 Å². The number of halogens is 2. The van der Waals surface area contributed by atoms with Crippen molar-refractivity contribution in [3.05, 3.63) is 59.3 Å². The van der Waals surface area contributed by atoms with E-state index in [9.17, 15) is 9.18 Å². The summed E-state index contributed by atoms with van der Waals surface area (Å²) < 4.78 is 19.0. The van der Waals surface area contributed by atoms with E-state index in [4.69, 9.17) is 21.4 Å². The molecule has 2 aromatic heterocycles. The van der Waals surface area contributed by atoms with Gasteiger partial charge in [0.05, 0.1) is 29.0 Å². The third-order valence-corrected chi connectivity index (χ3v) is 3.13. The van der Waals surface area contributed by atoms with E-state index in [2.05, 4.69) is 15.2 Å². The van der Waals surface area contributed by atoms with Gasteiger partial charge in [-0.3, -0.25) is 4.79 Å². The molecular weight excluding hydrogens is 339 g/mol. The lowest BCUT2D eigenvalue weighted by Crippen LogP contribution is -2.03. The predicted octanol–water partition coefficient (Wildman–Crippen LogP) is 2.87. The first-order valence-electron chi connectivity index (χ1n) is 6.73. The predicted molar refractivity (Wildman–Crippen MR) is 82.0 cm³/mol. The van der Waals surface area contributed by atoms with Crippen molar-refractivity contribution in [2.24, 2.45) is 0 Å². The Morgan fingerprint density at radius 2 is 2.04 bits per heavy atom. The highest BCUT2D eigenvalue weighted by molar-refractivity contribution is 6.30. The van der Waals surface area contributed by atoms with Gasteiger partial charge in [-0.25, -0.2) is 9.37 Å². The van der Waals surface area contributed by atoms with E-state index in [-0.39, 0.29) is 17.3 Å². The Bertz CT molecular complexity index is 883. The fraction of sp³-hybridized carbons (Fsp3) is 0.0667. The lowest BCUT2D eigenvalue weighted by molar-refractivity contribution is -0.136. The van der Waals surface area contributed by atoms with E-state index < -0.39 is 11.8 Å². The number of carboxylic acid groups (broad SMARTS) is 1. The standard InChI is InChI=1S/C15H10ClFN4O3/c16-9-5-13(17)15(18-7-9)24-12-3-1-11(2-4-12)21-19-8-10(20-21)6-14(22)23/h1-5,7-8H,6H2,(H,22,23). The summed E-state index contributed by atoms with van der Waals surface area (Å²) >= 11 is 5.63. The molecule has 0 aliphatic carbocycles. The molecule has 122 valence electrons. The topological polar surface area (TPSA) is 90.1 Å². The number of pyridine rings is 1. The van der Waals surface area contributed by atoms with E-state index in [0.29, 0.717) is 17.1 Å². The molecule has 1 aromatic carbocycles. The molecule has 0 amide bonds. The number of ether oxygens (including phenoxy) is 1. The molecule has 9 heteroatoms. The Hall–Kier alpha value is -3.00. The number of aromatic nitrogens is 4. The third kappa shape index (κ3) is 3.66. The van der Waals surface area contributed by atoms with E-state index in [1.165, 1.54) is 17.2 Å². The molecule has 0 aliphatic heterocycles. The molecule has 0 aliphatic rings. The van der Waals surface area contributed by atoms with Gasteiger partial charge in [0.2, 0.25) is 0 Å². The second kappa shape index (κ2) is 6.63. The smallest absolute Gasteiger partial charge is 0.309 e. The molecule has 7 nitrogen and oxygen atoms in total. The van der Waals surface area contributed by atoms with Gasteiger partial charge in [0, 0.05) is 6.20 Å². The number of hydrogen-bond donors (Lipinski definition) is 1. The molecule has 0 radical (unpaired) electrons. The first-order valence-corrected chi connectivity index (χ1v) is 7.11. The summed E-state index contributed by atoms with van der Waals surface area (Å²) in [5.74, 6) is -1.47. The molecule has 0 atom stereocenters. The van der Waals surface area contributed by atoms with Crippen molar-refractivity contribution in [1.82, 2.24) is 20.0 Å². The maximum atomic E-state index is 13.6. The average Bonchev–Trinajstić information content (AvgIpc) is 2.98. The normalized spacial score (nSPS) is 10.6. The molecule has 3 rings (SSSR count). The van der Waals surface area contributed by atoms with Crippen molar-refractivity contribution in [1.29, 1.82) is 0 Å². The van der Waals surface area contributed by atoms with Gasteiger partial charge in [-0.05, 0) is 30.3 Å². The Kier molecular flexibility index (Phi) is 4.39. The minimum atomic E-state index is -0.983. The highest BCUT2D eigenvalue weighted by Gasteiger charge is 2.09. The molecular formula is C15H10ClFN4O3. The summed E-state index contributed by atoms with van der Waals surface area (Å²) in [6, 6.07) is 7.58. The van der Waals surface area contributed by atoms with Crippen LogP contribution in [-0.4, -0.2) is 31.1 Å². The van der Waals surface area contributed by atoms with Crippen LogP contribution in [0.3, 0.4) is 0 Å². The fourth-order valence-corrected chi connectivity index (χ4v) is 2.04. The Morgan fingerprint density at radius 3 is 2.71 bits per heavy atom. The van der Waals surface area contributed by atoms with Gasteiger partial charge in [0.25, 0.3) is 5.88 Å². The highest BCUT2D eigenvalue weighted by atomic mass is 35.5. The van der Waals surface area contributed by atoms with Crippen LogP contribution in [0, 0.1) is 5.82 Å². The van der Waals surface area contributed by atoms with Crippen LogP contribution < -0.4 is 4.74 Å². The molecule has 0 unspecified atom stereocenters. The maximum absolute atomic E-state index is 13.6. The molecule has 0 saturated carbocycles. The molecule has 2 heterocycles. The summed E-state index contributed by atoms with van der Waals surface area (Å²) in [6.45, 7) is 0. The number of aliphatic carboxylic acids is 1. The second-order valence-corrected chi connectivity index (χ2v) is 5.17. The summed E-state index contributed by atoms with van der Waals surface area (Å²) in [5, 5.41) is 16.9. The van der Waals surface area contributed by atoms with Gasteiger partial charge in [-0.1, -0.05) is 11.6 Å². The SMILES string of the molecule is O=C(O)Cc1cnn(-c2ccc(Oc3ncc(Cl)cc3F)cc2)n1. The average molecular weight is 349 g/mol. The third-order valence-electron chi connectivity index (χ3n) is 2.93. The van der Waals surface area contributed by atoms with Gasteiger partial charge < -0.3 is 9.84 Å². The van der Waals surface area contributed by atoms with Crippen molar-refractivity contribution < 1.29 is 19.0 Å². The van der Waals surface area contributed by atoms with Crippen LogP contribution in [0.2, 0.25) is 5.02 Å². The minimum Gasteiger partial charge on any atom is -0.481 e. The van der Waals surface area contributed by atoms with Gasteiger partial charge in [0.1, 0.15) is 5.75 Å². The zero-order chi connectivity index (χ0) is 17.1. The van der Waals surface area contributed by atoms with E-state index in [1.807, 2.05) is 0 Å².